The van der Waals surface area contributed by atoms with Gasteiger partial charge in [-0.2, -0.15) is 5.10 Å². The van der Waals surface area contributed by atoms with Crippen LogP contribution in [0.25, 0.3) is 33.1 Å². The number of hydrogen-bond donors (Lipinski definition) is 2. The number of carbonyl (C=O) groups excluding carboxylic acids is 1. The van der Waals surface area contributed by atoms with Crippen LogP contribution < -0.4 is 10.6 Å². The number of amides is 1. The number of nitrogens with zero attached hydrogens (tertiary/aromatic N) is 7. The molecule has 0 saturated carbocycles. The van der Waals surface area contributed by atoms with Gasteiger partial charge in [0.2, 0.25) is 5.01 Å². The molecular formula is C26H29N9OS. The third-order valence-electron chi connectivity index (χ3n) is 6.82. The number of likely N-dealkylation sites (tertiary alicyclic amines) is 1. The minimum atomic E-state index is -0.0444. The van der Waals surface area contributed by atoms with E-state index in [4.69, 9.17) is 9.97 Å². The molecule has 2 fully saturated rings. The van der Waals surface area contributed by atoms with Crippen molar-refractivity contribution < 1.29 is 4.79 Å². The summed E-state index contributed by atoms with van der Waals surface area (Å²) >= 11 is 1.30. The van der Waals surface area contributed by atoms with Gasteiger partial charge in [-0.1, -0.05) is 29.5 Å². The molecule has 0 spiro atoms. The van der Waals surface area contributed by atoms with Crippen molar-refractivity contribution in [1.29, 1.82) is 0 Å². The molecule has 5 heterocycles. The van der Waals surface area contributed by atoms with E-state index in [1.54, 1.807) is 10.9 Å². The lowest BCUT2D eigenvalue weighted by atomic mass is 10.1. The lowest BCUT2D eigenvalue weighted by Crippen LogP contribution is -2.38. The number of piperidine rings is 1. The Morgan fingerprint density at radius 2 is 1.97 bits per heavy atom. The van der Waals surface area contributed by atoms with Crippen LogP contribution in [0.4, 0.5) is 5.82 Å². The van der Waals surface area contributed by atoms with E-state index < -0.39 is 0 Å². The Morgan fingerprint density at radius 1 is 1.11 bits per heavy atom. The van der Waals surface area contributed by atoms with Crippen LogP contribution in [0, 0.1) is 0 Å². The Kier molecular flexibility index (Phi) is 6.62. The van der Waals surface area contributed by atoms with Gasteiger partial charge in [-0.05, 0) is 43.9 Å². The standard InChI is InChI=1S/C26H29N9OS/c1-34-16-19(13-29-34)17-6-4-7-18(12-17)22-28-15-21(23(31-22)30-20-8-5-9-27-14-20)24-32-33-25(37-24)26(36)35-10-2-3-11-35/h4,6-7,12-13,15-16,20,27H,2-3,5,8-11,14H2,1H3,(H,28,30,31). The largest absolute Gasteiger partial charge is 0.365 e. The topological polar surface area (TPSA) is 114 Å². The Balaban J connectivity index is 1.34. The molecule has 1 unspecified atom stereocenters. The first-order valence-electron chi connectivity index (χ1n) is 12.7. The highest BCUT2D eigenvalue weighted by atomic mass is 32.1. The molecule has 6 rings (SSSR count). The van der Waals surface area contributed by atoms with Crippen molar-refractivity contribution in [1.82, 2.24) is 40.2 Å². The van der Waals surface area contributed by atoms with Gasteiger partial charge in [0.25, 0.3) is 5.91 Å². The average molecular weight is 516 g/mol. The fourth-order valence-electron chi connectivity index (χ4n) is 4.84. The van der Waals surface area contributed by atoms with Gasteiger partial charge in [-0.25, -0.2) is 9.97 Å². The summed E-state index contributed by atoms with van der Waals surface area (Å²) in [5.74, 6) is 1.29. The van der Waals surface area contributed by atoms with E-state index in [0.29, 0.717) is 21.7 Å². The zero-order chi connectivity index (χ0) is 25.2. The Labute approximate surface area is 219 Å². The number of carbonyl (C=O) groups is 1. The zero-order valence-corrected chi connectivity index (χ0v) is 21.5. The first-order chi connectivity index (χ1) is 18.1. The predicted molar refractivity (Wildman–Crippen MR) is 143 cm³/mol. The molecule has 190 valence electrons. The quantitative estimate of drug-likeness (QED) is 0.401. The van der Waals surface area contributed by atoms with Gasteiger partial charge in [0.1, 0.15) is 5.82 Å². The smallest absolute Gasteiger partial charge is 0.284 e. The zero-order valence-electron chi connectivity index (χ0n) is 20.7. The molecule has 11 heteroatoms. The molecule has 2 saturated heterocycles. The highest BCUT2D eigenvalue weighted by Gasteiger charge is 2.25. The summed E-state index contributed by atoms with van der Waals surface area (Å²) < 4.78 is 1.79. The van der Waals surface area contributed by atoms with Crippen LogP contribution in [0.1, 0.15) is 35.5 Å². The Bertz CT molecular complexity index is 1400. The number of anilines is 1. The number of aromatic nitrogens is 6. The highest BCUT2D eigenvalue weighted by molar-refractivity contribution is 7.16. The summed E-state index contributed by atoms with van der Waals surface area (Å²) in [7, 11) is 1.91. The molecular weight excluding hydrogens is 486 g/mol. The summed E-state index contributed by atoms with van der Waals surface area (Å²) in [6.45, 7) is 3.46. The van der Waals surface area contributed by atoms with E-state index in [9.17, 15) is 4.79 Å². The van der Waals surface area contributed by atoms with Gasteiger partial charge in [0, 0.05) is 56.2 Å². The number of nitrogens with one attached hydrogen (secondary N) is 2. The maximum absolute atomic E-state index is 12.9. The van der Waals surface area contributed by atoms with Gasteiger partial charge in [0.05, 0.1) is 11.8 Å². The van der Waals surface area contributed by atoms with Crippen LogP contribution in [0.2, 0.25) is 0 Å². The SMILES string of the molecule is Cn1cc(-c2cccc(-c3ncc(-c4nnc(C(=O)N5CCCC5)s4)c(NC4CCCNC4)n3)c2)cn1. The Hall–Kier alpha value is -3.70. The van der Waals surface area contributed by atoms with Crippen LogP contribution >= 0.6 is 11.3 Å². The number of hydrogen-bond acceptors (Lipinski definition) is 9. The van der Waals surface area contributed by atoms with Gasteiger partial charge >= 0.3 is 0 Å². The second-order valence-electron chi connectivity index (χ2n) is 9.54. The molecule has 3 aromatic heterocycles. The van der Waals surface area contributed by atoms with Gasteiger partial charge in [-0.15, -0.1) is 10.2 Å². The third kappa shape index (κ3) is 5.09. The summed E-state index contributed by atoms with van der Waals surface area (Å²) in [6.07, 6.45) is 9.87. The van der Waals surface area contributed by atoms with Crippen LogP contribution in [-0.2, 0) is 7.05 Å². The lowest BCUT2D eigenvalue weighted by Gasteiger charge is -2.25. The van der Waals surface area contributed by atoms with Crippen LogP contribution in [0.3, 0.4) is 0 Å². The van der Waals surface area contributed by atoms with Crippen molar-refractivity contribution in [2.75, 3.05) is 31.5 Å². The van der Waals surface area contributed by atoms with E-state index >= 15 is 0 Å². The number of aryl methyl sites for hydroxylation is 1. The molecule has 2 N–H and O–H groups in total. The molecule has 37 heavy (non-hydrogen) atoms. The number of rotatable bonds is 6. The van der Waals surface area contributed by atoms with Crippen LogP contribution in [-0.4, -0.2) is 73.0 Å². The van der Waals surface area contributed by atoms with E-state index in [1.165, 1.54) is 11.3 Å². The fraction of sp³-hybridized carbons (Fsp3) is 0.385. The van der Waals surface area contributed by atoms with Crippen LogP contribution in [0.5, 0.6) is 0 Å². The minimum Gasteiger partial charge on any atom is -0.365 e. The Morgan fingerprint density at radius 3 is 2.76 bits per heavy atom. The lowest BCUT2D eigenvalue weighted by molar-refractivity contribution is 0.0791. The first kappa shape index (κ1) is 23.7. The number of benzene rings is 1. The van der Waals surface area contributed by atoms with E-state index in [1.807, 2.05) is 36.5 Å². The van der Waals surface area contributed by atoms with Crippen molar-refractivity contribution in [3.63, 3.8) is 0 Å². The second-order valence-corrected chi connectivity index (χ2v) is 10.5. The average Bonchev–Trinajstić information content (AvgIpc) is 3.71. The summed E-state index contributed by atoms with van der Waals surface area (Å²) in [5, 5.41) is 21.0. The summed E-state index contributed by atoms with van der Waals surface area (Å²) in [5.41, 5.74) is 3.77. The first-order valence-corrected chi connectivity index (χ1v) is 13.5. The van der Waals surface area contributed by atoms with E-state index in [2.05, 4.69) is 38.1 Å². The van der Waals surface area contributed by atoms with Gasteiger partial charge in [0.15, 0.2) is 10.8 Å². The maximum Gasteiger partial charge on any atom is 0.284 e. The monoisotopic (exact) mass is 515 g/mol. The van der Waals surface area contributed by atoms with E-state index in [0.717, 1.165) is 74.1 Å². The van der Waals surface area contributed by atoms with Gasteiger partial charge < -0.3 is 15.5 Å². The van der Waals surface area contributed by atoms with Crippen molar-refractivity contribution in [2.45, 2.75) is 31.7 Å². The van der Waals surface area contributed by atoms with E-state index in [-0.39, 0.29) is 11.9 Å². The predicted octanol–water partition coefficient (Wildman–Crippen LogP) is 3.46. The summed E-state index contributed by atoms with van der Waals surface area (Å²) in [6, 6.07) is 8.40. The second kappa shape index (κ2) is 10.3. The van der Waals surface area contributed by atoms with Crippen molar-refractivity contribution >= 4 is 23.1 Å². The normalized spacial score (nSPS) is 17.8. The molecule has 0 aliphatic carbocycles. The molecule has 1 atom stereocenters. The molecule has 0 radical (unpaired) electrons. The molecule has 2 aliphatic rings. The molecule has 1 amide bonds. The molecule has 10 nitrogen and oxygen atoms in total. The highest BCUT2D eigenvalue weighted by Crippen LogP contribution is 2.33. The van der Waals surface area contributed by atoms with Crippen molar-refractivity contribution in [3.8, 4) is 33.1 Å². The maximum atomic E-state index is 12.9. The molecule has 2 aliphatic heterocycles. The van der Waals surface area contributed by atoms with Crippen molar-refractivity contribution in [2.24, 2.45) is 7.05 Å². The van der Waals surface area contributed by atoms with Crippen molar-refractivity contribution in [3.05, 3.63) is 47.9 Å². The van der Waals surface area contributed by atoms with Gasteiger partial charge in [-0.3, -0.25) is 9.48 Å². The summed E-state index contributed by atoms with van der Waals surface area (Å²) in [4.78, 5) is 24.4. The third-order valence-corrected chi connectivity index (χ3v) is 7.76. The minimum absolute atomic E-state index is 0.0444. The fourth-order valence-corrected chi connectivity index (χ4v) is 5.66. The molecule has 1 aromatic carbocycles. The van der Waals surface area contributed by atoms with Crippen LogP contribution in [0.15, 0.2) is 42.9 Å². The molecule has 0 bridgehead atoms. The molecule has 4 aromatic rings.